The lowest BCUT2D eigenvalue weighted by Gasteiger charge is -2.16. The molecule has 0 saturated heterocycles. The predicted octanol–water partition coefficient (Wildman–Crippen LogP) is 3.23. The van der Waals surface area contributed by atoms with Crippen molar-refractivity contribution in [1.29, 1.82) is 0 Å². The molecule has 1 N–H and O–H groups in total. The molecule has 0 radical (unpaired) electrons. The van der Waals surface area contributed by atoms with Crippen LogP contribution < -0.4 is 5.56 Å². The van der Waals surface area contributed by atoms with Crippen LogP contribution in [0.2, 0.25) is 0 Å². The minimum atomic E-state index is 0.0356. The fourth-order valence-corrected chi connectivity index (χ4v) is 3.36. The van der Waals surface area contributed by atoms with Crippen LogP contribution >= 0.6 is 11.8 Å². The summed E-state index contributed by atoms with van der Waals surface area (Å²) in [5, 5.41) is 10.3. The first-order valence-electron chi connectivity index (χ1n) is 7.40. The topological polar surface area (TPSA) is 55.1 Å². The quantitative estimate of drug-likeness (QED) is 0.485. The van der Waals surface area contributed by atoms with Crippen molar-refractivity contribution in [1.82, 2.24) is 9.55 Å². The summed E-state index contributed by atoms with van der Waals surface area (Å²) in [6.45, 7) is 4.26. The highest BCUT2D eigenvalue weighted by Gasteiger charge is 2.13. The molecule has 5 heteroatoms. The van der Waals surface area contributed by atoms with Gasteiger partial charge in [-0.25, -0.2) is 4.98 Å². The molecular formula is C16H22N2O2S. The number of fused-ring (bicyclic) bond motifs is 1. The lowest BCUT2D eigenvalue weighted by atomic mass is 10.2. The number of para-hydroxylation sites is 1. The molecule has 114 valence electrons. The van der Waals surface area contributed by atoms with E-state index < -0.39 is 0 Å². The van der Waals surface area contributed by atoms with Crippen LogP contribution in [0.25, 0.3) is 10.9 Å². The SMILES string of the molecule is CC(C)n1c(SCCCCCO)nc2ccccc2c1=O. The van der Waals surface area contributed by atoms with E-state index in [2.05, 4.69) is 4.98 Å². The lowest BCUT2D eigenvalue weighted by Crippen LogP contribution is -2.25. The first-order valence-corrected chi connectivity index (χ1v) is 8.38. The highest BCUT2D eigenvalue weighted by atomic mass is 32.2. The zero-order chi connectivity index (χ0) is 15.2. The van der Waals surface area contributed by atoms with Gasteiger partial charge in [0.15, 0.2) is 5.16 Å². The summed E-state index contributed by atoms with van der Waals surface area (Å²) in [5.74, 6) is 0.914. The zero-order valence-corrected chi connectivity index (χ0v) is 13.4. The molecular weight excluding hydrogens is 284 g/mol. The Balaban J connectivity index is 2.28. The van der Waals surface area contributed by atoms with Crippen LogP contribution in [0.5, 0.6) is 0 Å². The summed E-state index contributed by atoms with van der Waals surface area (Å²) in [6.07, 6.45) is 2.86. The van der Waals surface area contributed by atoms with Gasteiger partial charge in [0.2, 0.25) is 0 Å². The first-order chi connectivity index (χ1) is 10.1. The third-order valence-corrected chi connectivity index (χ3v) is 4.36. The molecule has 2 aromatic rings. The second-order valence-corrected chi connectivity index (χ2v) is 6.38. The Morgan fingerprint density at radius 1 is 1.24 bits per heavy atom. The Bertz CT molecular complexity index is 652. The van der Waals surface area contributed by atoms with Crippen molar-refractivity contribution in [3.05, 3.63) is 34.6 Å². The number of nitrogens with zero attached hydrogens (tertiary/aromatic N) is 2. The monoisotopic (exact) mass is 306 g/mol. The van der Waals surface area contributed by atoms with Crippen LogP contribution in [0.15, 0.2) is 34.2 Å². The van der Waals surface area contributed by atoms with E-state index >= 15 is 0 Å². The molecule has 0 fully saturated rings. The highest BCUT2D eigenvalue weighted by molar-refractivity contribution is 7.99. The van der Waals surface area contributed by atoms with Crippen molar-refractivity contribution < 1.29 is 5.11 Å². The van der Waals surface area contributed by atoms with Crippen LogP contribution in [-0.4, -0.2) is 27.0 Å². The number of rotatable bonds is 7. The first kappa shape index (κ1) is 16.0. The average molecular weight is 306 g/mol. The molecule has 0 bridgehead atoms. The van der Waals surface area contributed by atoms with Gasteiger partial charge in [0.05, 0.1) is 10.9 Å². The largest absolute Gasteiger partial charge is 0.396 e. The summed E-state index contributed by atoms with van der Waals surface area (Å²) in [6, 6.07) is 7.59. The summed E-state index contributed by atoms with van der Waals surface area (Å²) < 4.78 is 1.78. The number of aliphatic hydroxyl groups is 1. The molecule has 0 aliphatic heterocycles. The molecule has 0 aliphatic carbocycles. The Kier molecular flexibility index (Phi) is 5.82. The smallest absolute Gasteiger partial charge is 0.262 e. The van der Waals surface area contributed by atoms with Crippen molar-refractivity contribution in [2.45, 2.75) is 44.3 Å². The number of aliphatic hydroxyl groups excluding tert-OH is 1. The average Bonchev–Trinajstić information content (AvgIpc) is 2.47. The van der Waals surface area contributed by atoms with E-state index in [4.69, 9.17) is 5.11 Å². The molecule has 2 rings (SSSR count). The molecule has 0 atom stereocenters. The number of hydrogen-bond donors (Lipinski definition) is 1. The van der Waals surface area contributed by atoms with E-state index in [0.29, 0.717) is 5.39 Å². The minimum absolute atomic E-state index is 0.0356. The van der Waals surface area contributed by atoms with Crippen LogP contribution in [-0.2, 0) is 0 Å². The second kappa shape index (κ2) is 7.61. The number of thioether (sulfide) groups is 1. The highest BCUT2D eigenvalue weighted by Crippen LogP contribution is 2.21. The molecule has 1 heterocycles. The van der Waals surface area contributed by atoms with Crippen molar-refractivity contribution in [3.8, 4) is 0 Å². The Hall–Kier alpha value is -1.33. The van der Waals surface area contributed by atoms with Gasteiger partial charge in [0.25, 0.3) is 5.56 Å². The minimum Gasteiger partial charge on any atom is -0.396 e. The van der Waals surface area contributed by atoms with Crippen molar-refractivity contribution in [3.63, 3.8) is 0 Å². The summed E-state index contributed by atoms with van der Waals surface area (Å²) >= 11 is 1.63. The number of unbranched alkanes of at least 4 members (excludes halogenated alkanes) is 2. The van der Waals surface area contributed by atoms with Gasteiger partial charge < -0.3 is 5.11 Å². The van der Waals surface area contributed by atoms with Crippen molar-refractivity contribution >= 4 is 22.7 Å². The second-order valence-electron chi connectivity index (χ2n) is 5.31. The van der Waals surface area contributed by atoms with Crippen LogP contribution in [0.3, 0.4) is 0 Å². The fourth-order valence-electron chi connectivity index (χ4n) is 2.24. The van der Waals surface area contributed by atoms with Crippen molar-refractivity contribution in [2.24, 2.45) is 0 Å². The molecule has 0 amide bonds. The maximum Gasteiger partial charge on any atom is 0.262 e. The van der Waals surface area contributed by atoms with Gasteiger partial charge in [0, 0.05) is 18.4 Å². The third kappa shape index (κ3) is 3.86. The number of hydrogen-bond acceptors (Lipinski definition) is 4. The normalized spacial score (nSPS) is 11.4. The zero-order valence-electron chi connectivity index (χ0n) is 12.6. The maximum absolute atomic E-state index is 12.6. The Morgan fingerprint density at radius 2 is 2.00 bits per heavy atom. The van der Waals surface area contributed by atoms with Gasteiger partial charge in [-0.05, 0) is 38.8 Å². The number of aromatic nitrogens is 2. The van der Waals surface area contributed by atoms with Gasteiger partial charge in [0.1, 0.15) is 0 Å². The van der Waals surface area contributed by atoms with E-state index in [1.165, 1.54) is 0 Å². The van der Waals surface area contributed by atoms with Gasteiger partial charge in [-0.3, -0.25) is 9.36 Å². The molecule has 21 heavy (non-hydrogen) atoms. The van der Waals surface area contributed by atoms with E-state index in [9.17, 15) is 4.79 Å². The maximum atomic E-state index is 12.6. The standard InChI is InChI=1S/C16H22N2O2S/c1-12(2)18-15(20)13-8-4-5-9-14(13)17-16(18)21-11-7-3-6-10-19/h4-5,8-9,12,19H,3,6-7,10-11H2,1-2H3. The third-order valence-electron chi connectivity index (χ3n) is 3.33. The molecule has 4 nitrogen and oxygen atoms in total. The molecule has 0 unspecified atom stereocenters. The summed E-state index contributed by atoms with van der Waals surface area (Å²) in [4.78, 5) is 17.3. The van der Waals surface area contributed by atoms with E-state index in [1.807, 2.05) is 38.1 Å². The summed E-state index contributed by atoms with van der Waals surface area (Å²) in [5.41, 5.74) is 0.797. The Morgan fingerprint density at radius 3 is 2.71 bits per heavy atom. The molecule has 0 aliphatic rings. The van der Waals surface area contributed by atoms with Crippen LogP contribution in [0, 0.1) is 0 Å². The lowest BCUT2D eigenvalue weighted by molar-refractivity contribution is 0.284. The van der Waals surface area contributed by atoms with Gasteiger partial charge in [-0.15, -0.1) is 0 Å². The predicted molar refractivity (Wildman–Crippen MR) is 88.0 cm³/mol. The van der Waals surface area contributed by atoms with Crippen LogP contribution in [0.1, 0.15) is 39.2 Å². The Labute approximate surface area is 129 Å². The van der Waals surface area contributed by atoms with Gasteiger partial charge in [-0.2, -0.15) is 0 Å². The summed E-state index contributed by atoms with van der Waals surface area (Å²) in [7, 11) is 0. The molecule has 0 saturated carbocycles. The van der Waals surface area contributed by atoms with Gasteiger partial charge in [-0.1, -0.05) is 30.3 Å². The van der Waals surface area contributed by atoms with E-state index in [-0.39, 0.29) is 18.2 Å². The van der Waals surface area contributed by atoms with Gasteiger partial charge >= 0.3 is 0 Å². The van der Waals surface area contributed by atoms with E-state index in [0.717, 1.165) is 35.7 Å². The molecule has 0 spiro atoms. The molecule has 1 aromatic heterocycles. The fraction of sp³-hybridized carbons (Fsp3) is 0.500. The van der Waals surface area contributed by atoms with Crippen LogP contribution in [0.4, 0.5) is 0 Å². The number of benzene rings is 1. The molecule has 1 aromatic carbocycles. The van der Waals surface area contributed by atoms with E-state index in [1.54, 1.807) is 16.3 Å². The van der Waals surface area contributed by atoms with Crippen molar-refractivity contribution in [2.75, 3.05) is 12.4 Å².